The highest BCUT2D eigenvalue weighted by Crippen LogP contribution is 1.66. The van der Waals surface area contributed by atoms with Gasteiger partial charge in [-0.2, -0.15) is 5.10 Å². The average molecular weight is 145 g/mol. The SMILES string of the molecule is CCC=NNC(=S)NC. The second-order valence-electron chi connectivity index (χ2n) is 1.41. The maximum absolute atomic E-state index is 4.73. The first-order chi connectivity index (χ1) is 4.31. The molecule has 0 aliphatic heterocycles. The van der Waals surface area contributed by atoms with Gasteiger partial charge in [-0.05, 0) is 18.6 Å². The van der Waals surface area contributed by atoms with Crippen LogP contribution in [0.3, 0.4) is 0 Å². The molecule has 0 bridgehead atoms. The summed E-state index contributed by atoms with van der Waals surface area (Å²) in [7, 11) is 1.75. The van der Waals surface area contributed by atoms with Crippen molar-refractivity contribution in [1.29, 1.82) is 0 Å². The summed E-state index contributed by atoms with van der Waals surface area (Å²) in [6.45, 7) is 2.01. The highest BCUT2D eigenvalue weighted by atomic mass is 32.1. The van der Waals surface area contributed by atoms with Gasteiger partial charge in [-0.25, -0.2) is 0 Å². The molecule has 0 radical (unpaired) electrons. The lowest BCUT2D eigenvalue weighted by Crippen LogP contribution is -2.28. The van der Waals surface area contributed by atoms with Crippen molar-refractivity contribution >= 4 is 23.5 Å². The van der Waals surface area contributed by atoms with Crippen LogP contribution >= 0.6 is 12.2 Å². The summed E-state index contributed by atoms with van der Waals surface area (Å²) in [5, 5.41) is 7.05. The number of hydrogen-bond donors (Lipinski definition) is 2. The Morgan fingerprint density at radius 3 is 2.89 bits per heavy atom. The van der Waals surface area contributed by atoms with Gasteiger partial charge >= 0.3 is 0 Å². The molecule has 0 aromatic heterocycles. The first-order valence-corrected chi connectivity index (χ1v) is 3.21. The Morgan fingerprint density at radius 2 is 2.44 bits per heavy atom. The fourth-order valence-corrected chi connectivity index (χ4v) is 0.304. The summed E-state index contributed by atoms with van der Waals surface area (Å²) < 4.78 is 0. The third-order valence-corrected chi connectivity index (χ3v) is 0.962. The van der Waals surface area contributed by atoms with E-state index in [1.807, 2.05) is 6.92 Å². The maximum Gasteiger partial charge on any atom is 0.186 e. The monoisotopic (exact) mass is 145 g/mol. The maximum atomic E-state index is 4.73. The number of hydrazone groups is 1. The molecule has 52 valence electrons. The van der Waals surface area contributed by atoms with Crippen LogP contribution in [0.5, 0.6) is 0 Å². The number of hydrogen-bond acceptors (Lipinski definition) is 2. The van der Waals surface area contributed by atoms with Crippen molar-refractivity contribution in [2.24, 2.45) is 5.10 Å². The van der Waals surface area contributed by atoms with Crippen molar-refractivity contribution in [3.05, 3.63) is 0 Å². The van der Waals surface area contributed by atoms with Crippen molar-refractivity contribution in [2.45, 2.75) is 13.3 Å². The lowest BCUT2D eigenvalue weighted by atomic mass is 10.6. The molecule has 0 aromatic rings. The van der Waals surface area contributed by atoms with E-state index in [2.05, 4.69) is 15.8 Å². The van der Waals surface area contributed by atoms with Crippen LogP contribution in [0.2, 0.25) is 0 Å². The van der Waals surface area contributed by atoms with E-state index >= 15 is 0 Å². The number of rotatable bonds is 2. The minimum absolute atomic E-state index is 0.541. The zero-order valence-electron chi connectivity index (χ0n) is 5.64. The zero-order chi connectivity index (χ0) is 7.11. The highest BCUT2D eigenvalue weighted by molar-refractivity contribution is 7.80. The molecule has 0 aliphatic rings. The van der Waals surface area contributed by atoms with Crippen molar-refractivity contribution < 1.29 is 0 Å². The van der Waals surface area contributed by atoms with Crippen molar-refractivity contribution in [3.63, 3.8) is 0 Å². The Balaban J connectivity index is 3.26. The zero-order valence-corrected chi connectivity index (χ0v) is 6.46. The van der Waals surface area contributed by atoms with E-state index in [1.54, 1.807) is 13.3 Å². The third kappa shape index (κ3) is 5.23. The minimum atomic E-state index is 0.541. The van der Waals surface area contributed by atoms with Crippen LogP contribution in [-0.4, -0.2) is 18.4 Å². The third-order valence-electron chi connectivity index (χ3n) is 0.667. The Hall–Kier alpha value is -0.640. The van der Waals surface area contributed by atoms with Gasteiger partial charge < -0.3 is 5.32 Å². The van der Waals surface area contributed by atoms with Crippen molar-refractivity contribution in [3.8, 4) is 0 Å². The standard InChI is InChI=1S/C5H11N3S/c1-3-4-7-8-5(9)6-2/h4H,3H2,1-2H3,(H2,6,8,9). The molecule has 0 spiro atoms. The Bertz CT molecular complexity index is 111. The summed E-state index contributed by atoms with van der Waals surface area (Å²) >= 11 is 4.73. The van der Waals surface area contributed by atoms with Gasteiger partial charge in [0.25, 0.3) is 0 Å². The molecule has 0 unspecified atom stereocenters. The van der Waals surface area contributed by atoms with Gasteiger partial charge in [-0.1, -0.05) is 6.92 Å². The lowest BCUT2D eigenvalue weighted by Gasteiger charge is -1.97. The molecule has 0 atom stereocenters. The van der Waals surface area contributed by atoms with Crippen LogP contribution < -0.4 is 10.7 Å². The van der Waals surface area contributed by atoms with E-state index in [1.165, 1.54) is 0 Å². The first-order valence-electron chi connectivity index (χ1n) is 2.80. The summed E-state index contributed by atoms with van der Waals surface area (Å²) in [6, 6.07) is 0. The molecule has 0 aliphatic carbocycles. The predicted molar refractivity (Wildman–Crippen MR) is 43.6 cm³/mol. The van der Waals surface area contributed by atoms with E-state index in [4.69, 9.17) is 12.2 Å². The van der Waals surface area contributed by atoms with Crippen LogP contribution in [0.15, 0.2) is 5.10 Å². The van der Waals surface area contributed by atoms with Crippen LogP contribution in [0, 0.1) is 0 Å². The molecule has 3 nitrogen and oxygen atoms in total. The van der Waals surface area contributed by atoms with Crippen LogP contribution in [0.4, 0.5) is 0 Å². The van der Waals surface area contributed by atoms with Gasteiger partial charge in [-0.15, -0.1) is 0 Å². The molecule has 2 N–H and O–H groups in total. The van der Waals surface area contributed by atoms with E-state index < -0.39 is 0 Å². The molecular formula is C5H11N3S. The van der Waals surface area contributed by atoms with E-state index in [-0.39, 0.29) is 0 Å². The van der Waals surface area contributed by atoms with E-state index in [0.717, 1.165) is 6.42 Å². The van der Waals surface area contributed by atoms with Crippen LogP contribution in [-0.2, 0) is 0 Å². The number of nitrogens with zero attached hydrogens (tertiary/aromatic N) is 1. The molecule has 0 saturated heterocycles. The summed E-state index contributed by atoms with van der Waals surface area (Å²) in [4.78, 5) is 0. The Kier molecular flexibility index (Phi) is 5.11. The van der Waals surface area contributed by atoms with Gasteiger partial charge in [0.2, 0.25) is 0 Å². The van der Waals surface area contributed by atoms with Crippen LogP contribution in [0.1, 0.15) is 13.3 Å². The fourth-order valence-electron chi connectivity index (χ4n) is 0.251. The lowest BCUT2D eigenvalue weighted by molar-refractivity contribution is 0.974. The molecule has 0 rings (SSSR count). The second kappa shape index (κ2) is 5.50. The molecule has 0 fully saturated rings. The summed E-state index contributed by atoms with van der Waals surface area (Å²) in [5.74, 6) is 0. The van der Waals surface area contributed by atoms with Gasteiger partial charge in [0.1, 0.15) is 0 Å². The first kappa shape index (κ1) is 8.36. The summed E-state index contributed by atoms with van der Waals surface area (Å²) in [6.07, 6.45) is 2.67. The Labute approximate surface area is 60.5 Å². The van der Waals surface area contributed by atoms with Gasteiger partial charge in [0.15, 0.2) is 5.11 Å². The quantitative estimate of drug-likeness (QED) is 0.337. The average Bonchev–Trinajstić information content (AvgIpc) is 1.89. The Morgan fingerprint density at radius 1 is 1.78 bits per heavy atom. The van der Waals surface area contributed by atoms with Gasteiger partial charge in [-0.3, -0.25) is 5.43 Å². The minimum Gasteiger partial charge on any atom is -0.364 e. The molecule has 0 aromatic carbocycles. The smallest absolute Gasteiger partial charge is 0.186 e. The number of nitrogens with one attached hydrogen (secondary N) is 2. The van der Waals surface area contributed by atoms with Gasteiger partial charge in [0.05, 0.1) is 0 Å². The van der Waals surface area contributed by atoms with E-state index in [9.17, 15) is 0 Å². The normalized spacial score (nSPS) is 9.56. The fraction of sp³-hybridized carbons (Fsp3) is 0.600. The molecule has 0 saturated carbocycles. The molecule has 9 heavy (non-hydrogen) atoms. The predicted octanol–water partition coefficient (Wildman–Crippen LogP) is 0.476. The van der Waals surface area contributed by atoms with E-state index in [0.29, 0.717) is 5.11 Å². The molecule has 4 heteroatoms. The van der Waals surface area contributed by atoms with Crippen molar-refractivity contribution in [2.75, 3.05) is 7.05 Å². The summed E-state index contributed by atoms with van der Waals surface area (Å²) in [5.41, 5.74) is 2.62. The largest absolute Gasteiger partial charge is 0.364 e. The number of thiocarbonyl (C=S) groups is 1. The topological polar surface area (TPSA) is 36.4 Å². The molecule has 0 heterocycles. The molecule has 0 amide bonds. The van der Waals surface area contributed by atoms with Crippen molar-refractivity contribution in [1.82, 2.24) is 10.7 Å². The second-order valence-corrected chi connectivity index (χ2v) is 1.82. The molecular weight excluding hydrogens is 134 g/mol. The van der Waals surface area contributed by atoms with Crippen LogP contribution in [0.25, 0.3) is 0 Å². The highest BCUT2D eigenvalue weighted by Gasteiger charge is 1.81. The van der Waals surface area contributed by atoms with Gasteiger partial charge in [0, 0.05) is 13.3 Å².